The highest BCUT2D eigenvalue weighted by Gasteiger charge is 2.18. The molecular formula is C13H14BrNO2. The SMILES string of the molecule is COc1ccc(C)cc1C(N)c1ccoc1Br. The van der Waals surface area contributed by atoms with Crippen molar-refractivity contribution in [2.45, 2.75) is 13.0 Å². The van der Waals surface area contributed by atoms with Gasteiger partial charge in [-0.1, -0.05) is 17.7 Å². The Morgan fingerprint density at radius 2 is 2.06 bits per heavy atom. The van der Waals surface area contributed by atoms with Gasteiger partial charge in [-0.05, 0) is 35.0 Å². The number of benzene rings is 1. The first-order valence-corrected chi connectivity index (χ1v) is 6.05. The van der Waals surface area contributed by atoms with Crippen LogP contribution in [0.4, 0.5) is 0 Å². The van der Waals surface area contributed by atoms with E-state index in [4.69, 9.17) is 14.9 Å². The van der Waals surface area contributed by atoms with Crippen LogP contribution in [0.1, 0.15) is 22.7 Å². The van der Waals surface area contributed by atoms with E-state index in [2.05, 4.69) is 15.9 Å². The quantitative estimate of drug-likeness (QED) is 0.944. The van der Waals surface area contributed by atoms with Crippen LogP contribution >= 0.6 is 15.9 Å². The summed E-state index contributed by atoms with van der Waals surface area (Å²) in [5, 5.41) is 0. The molecule has 0 aliphatic heterocycles. The van der Waals surface area contributed by atoms with Gasteiger partial charge >= 0.3 is 0 Å². The number of nitrogens with two attached hydrogens (primary N) is 1. The molecule has 0 aliphatic carbocycles. The Balaban J connectivity index is 2.46. The third-order valence-corrected chi connectivity index (χ3v) is 3.35. The van der Waals surface area contributed by atoms with Gasteiger partial charge < -0.3 is 14.9 Å². The van der Waals surface area contributed by atoms with Gasteiger partial charge in [0.1, 0.15) is 5.75 Å². The first-order chi connectivity index (χ1) is 8.13. The molecule has 1 unspecified atom stereocenters. The highest BCUT2D eigenvalue weighted by atomic mass is 79.9. The van der Waals surface area contributed by atoms with Gasteiger partial charge in [0.15, 0.2) is 4.67 Å². The molecule has 0 bridgehead atoms. The minimum atomic E-state index is -0.266. The fourth-order valence-electron chi connectivity index (χ4n) is 1.79. The summed E-state index contributed by atoms with van der Waals surface area (Å²) in [5.41, 5.74) is 9.25. The fourth-order valence-corrected chi connectivity index (χ4v) is 2.28. The third-order valence-electron chi connectivity index (χ3n) is 2.70. The zero-order chi connectivity index (χ0) is 12.4. The maximum Gasteiger partial charge on any atom is 0.174 e. The minimum absolute atomic E-state index is 0.266. The van der Waals surface area contributed by atoms with Crippen molar-refractivity contribution in [3.05, 3.63) is 51.9 Å². The molecule has 2 aromatic rings. The monoisotopic (exact) mass is 295 g/mol. The van der Waals surface area contributed by atoms with E-state index >= 15 is 0 Å². The van der Waals surface area contributed by atoms with E-state index < -0.39 is 0 Å². The Kier molecular flexibility index (Phi) is 3.54. The predicted molar refractivity (Wildman–Crippen MR) is 70.2 cm³/mol. The molecule has 1 aromatic carbocycles. The number of methoxy groups -OCH3 is 1. The second kappa shape index (κ2) is 4.94. The van der Waals surface area contributed by atoms with E-state index in [0.29, 0.717) is 4.67 Å². The average Bonchev–Trinajstić information content (AvgIpc) is 2.74. The van der Waals surface area contributed by atoms with Gasteiger partial charge in [0, 0.05) is 11.1 Å². The van der Waals surface area contributed by atoms with Gasteiger partial charge in [0.2, 0.25) is 0 Å². The zero-order valence-electron chi connectivity index (χ0n) is 9.74. The third kappa shape index (κ3) is 2.37. The molecule has 2 N–H and O–H groups in total. The molecular weight excluding hydrogens is 282 g/mol. The number of hydrogen-bond acceptors (Lipinski definition) is 3. The Morgan fingerprint density at radius 3 is 2.65 bits per heavy atom. The van der Waals surface area contributed by atoms with E-state index in [0.717, 1.165) is 22.4 Å². The Hall–Kier alpha value is -1.26. The van der Waals surface area contributed by atoms with Crippen LogP contribution in [0.5, 0.6) is 5.75 Å². The molecule has 0 amide bonds. The first kappa shape index (κ1) is 12.2. The largest absolute Gasteiger partial charge is 0.496 e. The van der Waals surface area contributed by atoms with Crippen molar-refractivity contribution in [2.24, 2.45) is 5.73 Å². The summed E-state index contributed by atoms with van der Waals surface area (Å²) in [6.07, 6.45) is 1.61. The molecule has 0 fully saturated rings. The summed E-state index contributed by atoms with van der Waals surface area (Å²) < 4.78 is 11.2. The van der Waals surface area contributed by atoms with E-state index in [1.165, 1.54) is 0 Å². The number of rotatable bonds is 3. The number of aryl methyl sites for hydroxylation is 1. The lowest BCUT2D eigenvalue weighted by molar-refractivity contribution is 0.407. The first-order valence-electron chi connectivity index (χ1n) is 5.26. The van der Waals surface area contributed by atoms with Gasteiger partial charge in [-0.2, -0.15) is 0 Å². The van der Waals surface area contributed by atoms with Crippen molar-refractivity contribution in [3.8, 4) is 5.75 Å². The topological polar surface area (TPSA) is 48.4 Å². The molecule has 4 heteroatoms. The molecule has 1 heterocycles. The smallest absolute Gasteiger partial charge is 0.174 e. The van der Waals surface area contributed by atoms with Crippen molar-refractivity contribution in [1.82, 2.24) is 0 Å². The van der Waals surface area contributed by atoms with Crippen LogP contribution in [0, 0.1) is 6.92 Å². The second-order valence-electron chi connectivity index (χ2n) is 3.87. The number of furan rings is 1. The van der Waals surface area contributed by atoms with Crippen molar-refractivity contribution in [3.63, 3.8) is 0 Å². The lowest BCUT2D eigenvalue weighted by atomic mass is 9.99. The van der Waals surface area contributed by atoms with Gasteiger partial charge in [-0.25, -0.2) is 0 Å². The summed E-state index contributed by atoms with van der Waals surface area (Å²) in [4.78, 5) is 0. The molecule has 0 saturated heterocycles. The highest BCUT2D eigenvalue weighted by Crippen LogP contribution is 2.33. The van der Waals surface area contributed by atoms with Gasteiger partial charge in [0.25, 0.3) is 0 Å². The summed E-state index contributed by atoms with van der Waals surface area (Å²) in [5.74, 6) is 0.788. The van der Waals surface area contributed by atoms with E-state index in [1.54, 1.807) is 13.4 Å². The molecule has 1 aromatic heterocycles. The van der Waals surface area contributed by atoms with Crippen molar-refractivity contribution < 1.29 is 9.15 Å². The fraction of sp³-hybridized carbons (Fsp3) is 0.231. The standard InChI is InChI=1S/C13H14BrNO2/c1-8-3-4-11(16-2)10(7-8)12(15)9-5-6-17-13(9)14/h3-7,12H,15H2,1-2H3. The number of halogens is 1. The van der Waals surface area contributed by atoms with Crippen molar-refractivity contribution in [2.75, 3.05) is 7.11 Å². The molecule has 2 rings (SSSR count). The second-order valence-corrected chi connectivity index (χ2v) is 4.59. The molecule has 0 saturated carbocycles. The molecule has 0 aliphatic rings. The van der Waals surface area contributed by atoms with E-state index in [1.807, 2.05) is 31.2 Å². The summed E-state index contributed by atoms with van der Waals surface area (Å²) in [7, 11) is 1.64. The minimum Gasteiger partial charge on any atom is -0.496 e. The Bertz CT molecular complexity index is 522. The van der Waals surface area contributed by atoms with Crippen LogP contribution in [-0.2, 0) is 0 Å². The molecule has 1 atom stereocenters. The summed E-state index contributed by atoms with van der Waals surface area (Å²) in [6, 6.07) is 7.55. The van der Waals surface area contributed by atoms with Gasteiger partial charge in [-0.15, -0.1) is 0 Å². The maximum absolute atomic E-state index is 6.24. The maximum atomic E-state index is 6.24. The molecule has 3 nitrogen and oxygen atoms in total. The average molecular weight is 296 g/mol. The summed E-state index contributed by atoms with van der Waals surface area (Å²) >= 11 is 3.34. The molecule has 17 heavy (non-hydrogen) atoms. The van der Waals surface area contributed by atoms with Crippen LogP contribution in [0.25, 0.3) is 0 Å². The summed E-state index contributed by atoms with van der Waals surface area (Å²) in [6.45, 7) is 2.03. The lowest BCUT2D eigenvalue weighted by Gasteiger charge is -2.15. The van der Waals surface area contributed by atoms with Crippen molar-refractivity contribution >= 4 is 15.9 Å². The van der Waals surface area contributed by atoms with Crippen LogP contribution < -0.4 is 10.5 Å². The normalized spacial score (nSPS) is 12.5. The highest BCUT2D eigenvalue weighted by molar-refractivity contribution is 9.10. The zero-order valence-corrected chi connectivity index (χ0v) is 11.3. The predicted octanol–water partition coefficient (Wildman–Crippen LogP) is 3.41. The van der Waals surface area contributed by atoms with Crippen molar-refractivity contribution in [1.29, 1.82) is 0 Å². The van der Waals surface area contributed by atoms with Gasteiger partial charge in [-0.3, -0.25) is 0 Å². The van der Waals surface area contributed by atoms with E-state index in [9.17, 15) is 0 Å². The van der Waals surface area contributed by atoms with Crippen LogP contribution in [0.3, 0.4) is 0 Å². The van der Waals surface area contributed by atoms with Crippen LogP contribution in [0.2, 0.25) is 0 Å². The molecule has 0 radical (unpaired) electrons. The van der Waals surface area contributed by atoms with Crippen LogP contribution in [-0.4, -0.2) is 7.11 Å². The Labute approximate surface area is 109 Å². The van der Waals surface area contributed by atoms with Crippen LogP contribution in [0.15, 0.2) is 39.6 Å². The number of hydrogen-bond donors (Lipinski definition) is 1. The molecule has 90 valence electrons. The number of ether oxygens (including phenoxy) is 1. The molecule has 0 spiro atoms. The van der Waals surface area contributed by atoms with E-state index in [-0.39, 0.29) is 6.04 Å². The lowest BCUT2D eigenvalue weighted by Crippen LogP contribution is -2.13. The van der Waals surface area contributed by atoms with Gasteiger partial charge in [0.05, 0.1) is 19.4 Å². The Morgan fingerprint density at radius 1 is 1.29 bits per heavy atom.